The molecule has 8 aromatic carbocycles. The van der Waals surface area contributed by atoms with Crippen LogP contribution >= 0.6 is 0 Å². The molecular formula is C50H33N5. The molecule has 0 spiro atoms. The van der Waals surface area contributed by atoms with Gasteiger partial charge in [-0.15, -0.1) is 0 Å². The average Bonchev–Trinajstić information content (AvgIpc) is 3.27. The van der Waals surface area contributed by atoms with E-state index in [0.717, 1.165) is 61.3 Å². The third-order valence-electron chi connectivity index (χ3n) is 10.1. The zero-order valence-electron chi connectivity index (χ0n) is 29.8. The molecule has 0 aliphatic rings. The molecule has 0 saturated carbocycles. The summed E-state index contributed by atoms with van der Waals surface area (Å²) >= 11 is 0. The second-order valence-corrected chi connectivity index (χ2v) is 13.5. The summed E-state index contributed by atoms with van der Waals surface area (Å²) in [6, 6.07) is 69.2. The Morgan fingerprint density at radius 2 is 0.782 bits per heavy atom. The number of nitrogens with zero attached hydrogens (tertiary/aromatic N) is 5. The Kier molecular flexibility index (Phi) is 8.08. The molecule has 0 unspecified atom stereocenters. The lowest BCUT2D eigenvalue weighted by atomic mass is 9.94. The Morgan fingerprint density at radius 3 is 1.36 bits per heavy atom. The molecule has 0 atom stereocenters. The van der Waals surface area contributed by atoms with Crippen LogP contribution in [0.4, 0.5) is 17.1 Å². The summed E-state index contributed by atoms with van der Waals surface area (Å²) in [6.07, 6.45) is 0. The van der Waals surface area contributed by atoms with Gasteiger partial charge in [0.05, 0.1) is 16.9 Å². The summed E-state index contributed by atoms with van der Waals surface area (Å²) < 4.78 is 0. The Labute approximate surface area is 318 Å². The highest BCUT2D eigenvalue weighted by Crippen LogP contribution is 2.43. The van der Waals surface area contributed by atoms with E-state index in [1.54, 1.807) is 0 Å². The number of hydrogen-bond acceptors (Lipinski definition) is 5. The van der Waals surface area contributed by atoms with Crippen LogP contribution in [0.15, 0.2) is 200 Å². The minimum Gasteiger partial charge on any atom is -0.308 e. The second-order valence-electron chi connectivity index (χ2n) is 13.5. The topological polar surface area (TPSA) is 54.8 Å². The number of anilines is 3. The molecular weight excluding hydrogens is 671 g/mol. The van der Waals surface area contributed by atoms with Crippen molar-refractivity contribution in [2.75, 3.05) is 4.90 Å². The number of rotatable bonds is 7. The molecule has 0 fully saturated rings. The minimum absolute atomic E-state index is 0.616. The quantitative estimate of drug-likeness (QED) is 0.155. The highest BCUT2D eigenvalue weighted by Gasteiger charge is 2.20. The van der Waals surface area contributed by atoms with Gasteiger partial charge in [0, 0.05) is 49.8 Å². The number of benzene rings is 8. The number of para-hydroxylation sites is 3. The standard InChI is InChI=1S/C50H33N5/c1-5-17-36(18-6-1)48-52-49(37-19-7-2-8-20-37)54-50(53-48)38-30-28-35(29-31-38)46-43-33-32-34-16-13-14-25-41(34)45(43)42-26-15-27-44(47(42)51-46)55(39-21-9-3-10-22-39)40-23-11-4-12-24-40/h1-33H. The lowest BCUT2D eigenvalue weighted by Crippen LogP contribution is -2.11. The summed E-state index contributed by atoms with van der Waals surface area (Å²) in [4.78, 5) is 22.7. The average molecular weight is 704 g/mol. The second kappa shape index (κ2) is 13.8. The van der Waals surface area contributed by atoms with E-state index in [9.17, 15) is 0 Å². The first-order valence-corrected chi connectivity index (χ1v) is 18.4. The number of fused-ring (bicyclic) bond motifs is 5. The lowest BCUT2D eigenvalue weighted by molar-refractivity contribution is 1.07. The molecule has 0 N–H and O–H groups in total. The predicted molar refractivity (Wildman–Crippen MR) is 227 cm³/mol. The lowest BCUT2D eigenvalue weighted by Gasteiger charge is -2.27. The van der Waals surface area contributed by atoms with Gasteiger partial charge >= 0.3 is 0 Å². The molecule has 55 heavy (non-hydrogen) atoms. The molecule has 5 nitrogen and oxygen atoms in total. The Bertz CT molecular complexity index is 2850. The van der Waals surface area contributed by atoms with Crippen molar-refractivity contribution in [3.05, 3.63) is 200 Å². The van der Waals surface area contributed by atoms with Crippen molar-refractivity contribution in [2.24, 2.45) is 0 Å². The number of aromatic nitrogens is 4. The van der Waals surface area contributed by atoms with Gasteiger partial charge in [-0.3, -0.25) is 0 Å². The largest absolute Gasteiger partial charge is 0.308 e. The van der Waals surface area contributed by atoms with E-state index in [1.165, 1.54) is 16.2 Å². The summed E-state index contributed by atoms with van der Waals surface area (Å²) in [5, 5.41) is 5.77. The maximum absolute atomic E-state index is 5.58. The van der Waals surface area contributed by atoms with Gasteiger partial charge in [0.2, 0.25) is 0 Å². The van der Waals surface area contributed by atoms with Crippen LogP contribution in [0.2, 0.25) is 0 Å². The fraction of sp³-hybridized carbons (Fsp3) is 0. The number of hydrogen-bond donors (Lipinski definition) is 0. The Hall–Kier alpha value is -7.50. The highest BCUT2D eigenvalue weighted by molar-refractivity contribution is 6.24. The van der Waals surface area contributed by atoms with Crippen molar-refractivity contribution >= 4 is 49.5 Å². The zero-order valence-corrected chi connectivity index (χ0v) is 29.8. The van der Waals surface area contributed by atoms with Gasteiger partial charge < -0.3 is 4.90 Å². The molecule has 5 heteroatoms. The van der Waals surface area contributed by atoms with Gasteiger partial charge in [0.15, 0.2) is 17.5 Å². The normalized spacial score (nSPS) is 11.3. The third-order valence-corrected chi connectivity index (χ3v) is 10.1. The zero-order chi connectivity index (χ0) is 36.6. The molecule has 2 heterocycles. The van der Waals surface area contributed by atoms with E-state index in [1.807, 2.05) is 60.7 Å². The first-order valence-electron chi connectivity index (χ1n) is 18.4. The maximum atomic E-state index is 5.58. The molecule has 258 valence electrons. The van der Waals surface area contributed by atoms with Crippen molar-refractivity contribution in [3.63, 3.8) is 0 Å². The van der Waals surface area contributed by atoms with Crippen molar-refractivity contribution in [2.45, 2.75) is 0 Å². The monoisotopic (exact) mass is 703 g/mol. The van der Waals surface area contributed by atoms with Crippen molar-refractivity contribution in [1.82, 2.24) is 19.9 Å². The van der Waals surface area contributed by atoms with Gasteiger partial charge in [0.1, 0.15) is 0 Å². The van der Waals surface area contributed by atoms with Crippen LogP contribution in [0.25, 0.3) is 77.9 Å². The van der Waals surface area contributed by atoms with Crippen LogP contribution in [0.3, 0.4) is 0 Å². The first-order chi connectivity index (χ1) is 27.3. The molecule has 10 aromatic rings. The summed E-state index contributed by atoms with van der Waals surface area (Å²) in [6.45, 7) is 0. The SMILES string of the molecule is c1ccc(-c2nc(-c3ccccc3)nc(-c3ccc(-c4nc5c(N(c6ccccc6)c6ccccc6)cccc5c5c4ccc4ccccc45)cc3)n2)cc1. The summed E-state index contributed by atoms with van der Waals surface area (Å²) in [5.74, 6) is 1.89. The van der Waals surface area contributed by atoms with Crippen LogP contribution in [-0.2, 0) is 0 Å². The van der Waals surface area contributed by atoms with Gasteiger partial charge in [0.25, 0.3) is 0 Å². The first kappa shape index (κ1) is 32.2. The van der Waals surface area contributed by atoms with Gasteiger partial charge in [-0.1, -0.05) is 170 Å². The van der Waals surface area contributed by atoms with E-state index in [-0.39, 0.29) is 0 Å². The van der Waals surface area contributed by atoms with Gasteiger partial charge in [-0.25, -0.2) is 19.9 Å². The Balaban J connectivity index is 1.18. The maximum Gasteiger partial charge on any atom is 0.164 e. The fourth-order valence-corrected chi connectivity index (χ4v) is 7.48. The van der Waals surface area contributed by atoms with E-state index in [0.29, 0.717) is 17.5 Å². The van der Waals surface area contributed by atoms with Gasteiger partial charge in [-0.05, 0) is 41.1 Å². The third kappa shape index (κ3) is 5.94. The van der Waals surface area contributed by atoms with E-state index < -0.39 is 0 Å². The molecule has 0 bridgehead atoms. The van der Waals surface area contributed by atoms with Crippen LogP contribution < -0.4 is 4.90 Å². The predicted octanol–water partition coefficient (Wildman–Crippen LogP) is 12.9. The molecule has 0 aliphatic heterocycles. The minimum atomic E-state index is 0.616. The van der Waals surface area contributed by atoms with Gasteiger partial charge in [-0.2, -0.15) is 0 Å². The van der Waals surface area contributed by atoms with E-state index in [2.05, 4.69) is 144 Å². The number of pyridine rings is 1. The van der Waals surface area contributed by atoms with Crippen molar-refractivity contribution < 1.29 is 0 Å². The fourth-order valence-electron chi connectivity index (χ4n) is 7.48. The summed E-state index contributed by atoms with van der Waals surface area (Å²) in [5.41, 5.74) is 8.76. The van der Waals surface area contributed by atoms with E-state index >= 15 is 0 Å². The van der Waals surface area contributed by atoms with Crippen molar-refractivity contribution in [3.8, 4) is 45.4 Å². The van der Waals surface area contributed by atoms with Crippen LogP contribution in [0, 0.1) is 0 Å². The van der Waals surface area contributed by atoms with Crippen LogP contribution in [0.1, 0.15) is 0 Å². The highest BCUT2D eigenvalue weighted by atomic mass is 15.1. The molecule has 0 radical (unpaired) electrons. The van der Waals surface area contributed by atoms with E-state index in [4.69, 9.17) is 19.9 Å². The molecule has 0 aliphatic carbocycles. The molecule has 0 saturated heterocycles. The molecule has 2 aromatic heterocycles. The molecule has 0 amide bonds. The van der Waals surface area contributed by atoms with Crippen molar-refractivity contribution in [1.29, 1.82) is 0 Å². The van der Waals surface area contributed by atoms with Crippen LogP contribution in [-0.4, -0.2) is 19.9 Å². The molecule has 10 rings (SSSR count). The Morgan fingerprint density at radius 1 is 0.309 bits per heavy atom. The van der Waals surface area contributed by atoms with Crippen LogP contribution in [0.5, 0.6) is 0 Å². The summed E-state index contributed by atoms with van der Waals surface area (Å²) in [7, 11) is 0. The smallest absolute Gasteiger partial charge is 0.164 e.